The van der Waals surface area contributed by atoms with E-state index in [-0.39, 0.29) is 0 Å². The van der Waals surface area contributed by atoms with Gasteiger partial charge in [0.25, 0.3) is 0 Å². The molecule has 0 spiro atoms. The van der Waals surface area contributed by atoms with Gasteiger partial charge in [0.2, 0.25) is 5.89 Å². The number of aromatic nitrogens is 2. The van der Waals surface area contributed by atoms with Crippen molar-refractivity contribution in [3.8, 4) is 0 Å². The molecule has 0 radical (unpaired) electrons. The van der Waals surface area contributed by atoms with Gasteiger partial charge in [-0.3, -0.25) is 0 Å². The van der Waals surface area contributed by atoms with Crippen LogP contribution in [0.1, 0.15) is 42.3 Å². The minimum absolute atomic E-state index is 0.361. The van der Waals surface area contributed by atoms with Crippen molar-refractivity contribution >= 4 is 0 Å². The summed E-state index contributed by atoms with van der Waals surface area (Å²) in [6.07, 6.45) is 1.49. The molecule has 0 amide bonds. The fraction of sp³-hybridized carbons (Fsp3) is 0.529. The van der Waals surface area contributed by atoms with Crippen molar-refractivity contribution in [3.63, 3.8) is 0 Å². The molecule has 4 nitrogen and oxygen atoms in total. The Kier molecular flexibility index (Phi) is 5.12. The number of hydrogen-bond acceptors (Lipinski definition) is 4. The van der Waals surface area contributed by atoms with Crippen LogP contribution in [0.25, 0.3) is 0 Å². The van der Waals surface area contributed by atoms with E-state index in [1.54, 1.807) is 0 Å². The molecule has 2 aromatic rings. The maximum atomic E-state index is 5.37. The highest BCUT2D eigenvalue weighted by Crippen LogP contribution is 2.14. The standard InChI is InChI=1S/C17H25N3O/c1-11(2)15(18-5)10-17-19-16(20-21-17)9-14-7-6-12(3)13(4)8-14/h6-8,11,15,18H,9-10H2,1-5H3. The molecule has 1 aromatic carbocycles. The number of aryl methyl sites for hydroxylation is 2. The van der Waals surface area contributed by atoms with E-state index in [1.165, 1.54) is 16.7 Å². The van der Waals surface area contributed by atoms with E-state index in [1.807, 2.05) is 7.05 Å². The van der Waals surface area contributed by atoms with E-state index < -0.39 is 0 Å². The van der Waals surface area contributed by atoms with Crippen molar-refractivity contribution in [2.75, 3.05) is 7.05 Å². The zero-order valence-corrected chi connectivity index (χ0v) is 13.6. The average Bonchev–Trinajstić information content (AvgIpc) is 2.87. The zero-order chi connectivity index (χ0) is 15.4. The summed E-state index contributed by atoms with van der Waals surface area (Å²) >= 11 is 0. The van der Waals surface area contributed by atoms with Gasteiger partial charge < -0.3 is 9.84 Å². The fourth-order valence-corrected chi connectivity index (χ4v) is 2.40. The van der Waals surface area contributed by atoms with E-state index in [2.05, 4.69) is 61.4 Å². The lowest BCUT2D eigenvalue weighted by Gasteiger charge is -2.17. The van der Waals surface area contributed by atoms with Crippen molar-refractivity contribution in [2.45, 2.75) is 46.6 Å². The van der Waals surface area contributed by atoms with Crippen LogP contribution in [-0.4, -0.2) is 23.2 Å². The SMILES string of the molecule is CNC(Cc1nc(Cc2ccc(C)c(C)c2)no1)C(C)C. The third kappa shape index (κ3) is 4.14. The van der Waals surface area contributed by atoms with Crippen molar-refractivity contribution in [3.05, 3.63) is 46.6 Å². The third-order valence-corrected chi connectivity index (χ3v) is 4.01. The van der Waals surface area contributed by atoms with Crippen LogP contribution in [0.2, 0.25) is 0 Å². The Morgan fingerprint density at radius 3 is 2.57 bits per heavy atom. The monoisotopic (exact) mass is 287 g/mol. The number of rotatable bonds is 6. The fourth-order valence-electron chi connectivity index (χ4n) is 2.40. The molecule has 0 bridgehead atoms. The molecule has 1 unspecified atom stereocenters. The van der Waals surface area contributed by atoms with E-state index in [4.69, 9.17) is 4.52 Å². The molecule has 1 aromatic heterocycles. The molecule has 4 heteroatoms. The maximum absolute atomic E-state index is 5.37. The normalized spacial score (nSPS) is 12.9. The van der Waals surface area contributed by atoms with Gasteiger partial charge in [-0.1, -0.05) is 37.2 Å². The minimum atomic E-state index is 0.361. The zero-order valence-electron chi connectivity index (χ0n) is 13.6. The molecule has 2 rings (SSSR count). The van der Waals surface area contributed by atoms with Crippen molar-refractivity contribution in [1.29, 1.82) is 0 Å². The molecule has 1 N–H and O–H groups in total. The van der Waals surface area contributed by atoms with Crippen LogP contribution in [0.3, 0.4) is 0 Å². The average molecular weight is 287 g/mol. The summed E-state index contributed by atoms with van der Waals surface area (Å²) < 4.78 is 5.37. The van der Waals surface area contributed by atoms with Gasteiger partial charge in [-0.05, 0) is 43.5 Å². The third-order valence-electron chi connectivity index (χ3n) is 4.01. The molecule has 0 aliphatic heterocycles. The summed E-state index contributed by atoms with van der Waals surface area (Å²) in [6, 6.07) is 6.82. The van der Waals surface area contributed by atoms with Gasteiger partial charge in [-0.15, -0.1) is 0 Å². The second-order valence-electron chi connectivity index (χ2n) is 6.04. The lowest BCUT2D eigenvalue weighted by Crippen LogP contribution is -2.32. The highest BCUT2D eigenvalue weighted by Gasteiger charge is 2.16. The van der Waals surface area contributed by atoms with E-state index in [0.29, 0.717) is 17.9 Å². The maximum Gasteiger partial charge on any atom is 0.228 e. The topological polar surface area (TPSA) is 51.0 Å². The lowest BCUT2D eigenvalue weighted by molar-refractivity contribution is 0.333. The van der Waals surface area contributed by atoms with Crippen LogP contribution in [0.4, 0.5) is 0 Å². The Morgan fingerprint density at radius 2 is 1.95 bits per heavy atom. The predicted octanol–water partition coefficient (Wildman–Crippen LogP) is 3.06. The summed E-state index contributed by atoms with van der Waals surface area (Å²) in [4.78, 5) is 4.51. The second kappa shape index (κ2) is 6.85. The quantitative estimate of drug-likeness (QED) is 0.887. The molecule has 1 heterocycles. The van der Waals surface area contributed by atoms with Gasteiger partial charge in [0.15, 0.2) is 5.82 Å². The van der Waals surface area contributed by atoms with E-state index >= 15 is 0 Å². The molecule has 114 valence electrons. The number of nitrogens with one attached hydrogen (secondary N) is 1. The number of hydrogen-bond donors (Lipinski definition) is 1. The lowest BCUT2D eigenvalue weighted by atomic mass is 10.0. The molecule has 0 fully saturated rings. The van der Waals surface area contributed by atoms with Gasteiger partial charge in [0.05, 0.1) is 0 Å². The van der Waals surface area contributed by atoms with Crippen LogP contribution < -0.4 is 5.32 Å². The molecule has 1 atom stereocenters. The summed E-state index contributed by atoms with van der Waals surface area (Å²) in [5.74, 6) is 2.00. The van der Waals surface area contributed by atoms with Crippen molar-refractivity contribution in [1.82, 2.24) is 15.5 Å². The minimum Gasteiger partial charge on any atom is -0.339 e. The first-order chi connectivity index (χ1) is 9.99. The molecule has 0 aliphatic rings. The molecular weight excluding hydrogens is 262 g/mol. The summed E-state index contributed by atoms with van der Waals surface area (Å²) in [5.41, 5.74) is 3.83. The van der Waals surface area contributed by atoms with Crippen LogP contribution in [-0.2, 0) is 12.8 Å². The number of likely N-dealkylation sites (N-methyl/N-ethyl adjacent to an activating group) is 1. The first-order valence-corrected chi connectivity index (χ1v) is 7.54. The summed E-state index contributed by atoms with van der Waals surface area (Å²) in [6.45, 7) is 8.62. The molecule has 21 heavy (non-hydrogen) atoms. The molecular formula is C17H25N3O. The summed E-state index contributed by atoms with van der Waals surface area (Å²) in [7, 11) is 1.97. The first kappa shape index (κ1) is 15.7. The summed E-state index contributed by atoms with van der Waals surface area (Å²) in [5, 5.41) is 7.39. The van der Waals surface area contributed by atoms with Crippen LogP contribution in [0, 0.1) is 19.8 Å². The Hall–Kier alpha value is -1.68. The van der Waals surface area contributed by atoms with Gasteiger partial charge in [0, 0.05) is 18.9 Å². The Morgan fingerprint density at radius 1 is 1.19 bits per heavy atom. The highest BCUT2D eigenvalue weighted by molar-refractivity contribution is 5.31. The smallest absolute Gasteiger partial charge is 0.228 e. The molecule has 0 saturated carbocycles. The van der Waals surface area contributed by atoms with Crippen LogP contribution in [0.5, 0.6) is 0 Å². The first-order valence-electron chi connectivity index (χ1n) is 7.54. The van der Waals surface area contributed by atoms with Gasteiger partial charge >= 0.3 is 0 Å². The van der Waals surface area contributed by atoms with Crippen LogP contribution >= 0.6 is 0 Å². The number of nitrogens with zero attached hydrogens (tertiary/aromatic N) is 2. The Balaban J connectivity index is 2.04. The van der Waals surface area contributed by atoms with Crippen molar-refractivity contribution < 1.29 is 4.52 Å². The second-order valence-corrected chi connectivity index (χ2v) is 6.04. The van der Waals surface area contributed by atoms with Gasteiger partial charge in [-0.2, -0.15) is 4.98 Å². The van der Waals surface area contributed by atoms with Crippen molar-refractivity contribution in [2.24, 2.45) is 5.92 Å². The molecule has 0 saturated heterocycles. The Bertz CT molecular complexity index is 589. The predicted molar refractivity (Wildman–Crippen MR) is 84.4 cm³/mol. The van der Waals surface area contributed by atoms with E-state index in [9.17, 15) is 0 Å². The molecule has 0 aliphatic carbocycles. The largest absolute Gasteiger partial charge is 0.339 e. The van der Waals surface area contributed by atoms with E-state index in [0.717, 1.165) is 18.7 Å². The highest BCUT2D eigenvalue weighted by atomic mass is 16.5. The van der Waals surface area contributed by atoms with Crippen LogP contribution in [0.15, 0.2) is 22.7 Å². The number of benzene rings is 1. The van der Waals surface area contributed by atoms with Gasteiger partial charge in [0.1, 0.15) is 0 Å². The van der Waals surface area contributed by atoms with Gasteiger partial charge in [-0.25, -0.2) is 0 Å². The Labute approximate surface area is 127 Å².